The quantitative estimate of drug-likeness (QED) is 0.879. The van der Waals surface area contributed by atoms with E-state index in [4.69, 9.17) is 5.73 Å². The Balaban J connectivity index is 2.08. The molecule has 0 aromatic heterocycles. The summed E-state index contributed by atoms with van der Waals surface area (Å²) in [6.07, 6.45) is 2.57. The van der Waals surface area contributed by atoms with Gasteiger partial charge in [-0.1, -0.05) is 30.3 Å². The number of piperidine rings is 1. The fourth-order valence-electron chi connectivity index (χ4n) is 2.86. The zero-order valence-corrected chi connectivity index (χ0v) is 11.5. The second-order valence-corrected chi connectivity index (χ2v) is 5.42. The van der Waals surface area contributed by atoms with E-state index in [2.05, 4.69) is 54.2 Å². The first-order chi connectivity index (χ1) is 8.72. The van der Waals surface area contributed by atoms with Gasteiger partial charge in [0.15, 0.2) is 0 Å². The van der Waals surface area contributed by atoms with E-state index in [0.29, 0.717) is 18.6 Å². The van der Waals surface area contributed by atoms with Crippen molar-refractivity contribution in [1.82, 2.24) is 9.80 Å². The summed E-state index contributed by atoms with van der Waals surface area (Å²) in [7, 11) is 4.35. The molecule has 100 valence electrons. The first kappa shape index (κ1) is 13.5. The zero-order valence-electron chi connectivity index (χ0n) is 11.5. The smallest absolute Gasteiger partial charge is 0.0471 e. The molecule has 0 spiro atoms. The van der Waals surface area contributed by atoms with Crippen LogP contribution in [-0.2, 0) is 0 Å². The lowest BCUT2D eigenvalue weighted by Gasteiger charge is -2.40. The van der Waals surface area contributed by atoms with Gasteiger partial charge in [-0.25, -0.2) is 0 Å². The Kier molecular flexibility index (Phi) is 4.75. The molecule has 3 nitrogen and oxygen atoms in total. The second-order valence-electron chi connectivity index (χ2n) is 5.42. The van der Waals surface area contributed by atoms with Crippen molar-refractivity contribution in [3.05, 3.63) is 35.9 Å². The number of nitrogens with two attached hydrogens (primary N) is 1. The molecule has 0 saturated carbocycles. The van der Waals surface area contributed by atoms with E-state index in [-0.39, 0.29) is 0 Å². The molecule has 2 rings (SSSR count). The monoisotopic (exact) mass is 247 g/mol. The van der Waals surface area contributed by atoms with Gasteiger partial charge in [-0.3, -0.25) is 4.90 Å². The Bertz CT molecular complexity index is 350. The third kappa shape index (κ3) is 3.10. The molecule has 1 fully saturated rings. The molecule has 1 aliphatic heterocycles. The van der Waals surface area contributed by atoms with Crippen molar-refractivity contribution >= 4 is 0 Å². The average Bonchev–Trinajstić information content (AvgIpc) is 2.41. The number of nitrogens with zero attached hydrogens (tertiary/aromatic N) is 2. The van der Waals surface area contributed by atoms with Gasteiger partial charge < -0.3 is 10.6 Å². The van der Waals surface area contributed by atoms with Crippen LogP contribution in [0.4, 0.5) is 0 Å². The van der Waals surface area contributed by atoms with Crippen molar-refractivity contribution < 1.29 is 0 Å². The van der Waals surface area contributed by atoms with E-state index >= 15 is 0 Å². The van der Waals surface area contributed by atoms with Crippen molar-refractivity contribution in [2.45, 2.75) is 24.9 Å². The van der Waals surface area contributed by atoms with Crippen LogP contribution in [0, 0.1) is 0 Å². The van der Waals surface area contributed by atoms with Crippen molar-refractivity contribution in [2.24, 2.45) is 5.73 Å². The molecule has 2 atom stereocenters. The van der Waals surface area contributed by atoms with Gasteiger partial charge in [-0.2, -0.15) is 0 Å². The van der Waals surface area contributed by atoms with Crippen LogP contribution in [0.15, 0.2) is 30.3 Å². The number of likely N-dealkylation sites (N-methyl/N-ethyl adjacent to an activating group) is 1. The Morgan fingerprint density at radius 3 is 2.67 bits per heavy atom. The predicted octanol–water partition coefficient (Wildman–Crippen LogP) is 1.71. The van der Waals surface area contributed by atoms with E-state index in [1.165, 1.54) is 24.9 Å². The Hall–Kier alpha value is -0.900. The molecule has 3 heteroatoms. The molecule has 1 saturated heterocycles. The first-order valence-corrected chi connectivity index (χ1v) is 6.88. The fraction of sp³-hybridized carbons (Fsp3) is 0.600. The third-order valence-corrected chi connectivity index (χ3v) is 4.01. The minimum absolute atomic E-state index is 0.369. The van der Waals surface area contributed by atoms with Gasteiger partial charge in [0.05, 0.1) is 0 Å². The van der Waals surface area contributed by atoms with Gasteiger partial charge in [0.2, 0.25) is 0 Å². The lowest BCUT2D eigenvalue weighted by Crippen LogP contribution is -2.47. The summed E-state index contributed by atoms with van der Waals surface area (Å²) in [6, 6.07) is 11.7. The van der Waals surface area contributed by atoms with E-state index < -0.39 is 0 Å². The number of hydrogen-bond acceptors (Lipinski definition) is 3. The van der Waals surface area contributed by atoms with Crippen molar-refractivity contribution in [2.75, 3.05) is 33.7 Å². The fourth-order valence-corrected chi connectivity index (χ4v) is 2.86. The molecule has 1 heterocycles. The van der Waals surface area contributed by atoms with Crippen LogP contribution in [0.3, 0.4) is 0 Å². The van der Waals surface area contributed by atoms with Crippen molar-refractivity contribution in [3.8, 4) is 0 Å². The molecule has 2 unspecified atom stereocenters. The number of hydrogen-bond donors (Lipinski definition) is 1. The van der Waals surface area contributed by atoms with Gasteiger partial charge in [-0.15, -0.1) is 0 Å². The topological polar surface area (TPSA) is 32.5 Å². The Morgan fingerprint density at radius 2 is 2.06 bits per heavy atom. The predicted molar refractivity (Wildman–Crippen MR) is 76.5 cm³/mol. The van der Waals surface area contributed by atoms with E-state index in [9.17, 15) is 0 Å². The molecule has 0 radical (unpaired) electrons. The number of rotatable bonds is 4. The van der Waals surface area contributed by atoms with Gasteiger partial charge in [0, 0.05) is 25.2 Å². The van der Waals surface area contributed by atoms with E-state index in [1.54, 1.807) is 0 Å². The summed E-state index contributed by atoms with van der Waals surface area (Å²) in [5.74, 6) is 0. The molecule has 0 bridgehead atoms. The molecule has 1 aromatic rings. The molecular formula is C15H25N3. The highest BCUT2D eigenvalue weighted by atomic mass is 15.2. The van der Waals surface area contributed by atoms with Crippen molar-refractivity contribution in [1.29, 1.82) is 0 Å². The van der Waals surface area contributed by atoms with E-state index in [0.717, 1.165) is 6.54 Å². The molecule has 0 amide bonds. The second kappa shape index (κ2) is 6.32. The molecule has 1 aromatic carbocycles. The average molecular weight is 247 g/mol. The Morgan fingerprint density at radius 1 is 1.33 bits per heavy atom. The maximum Gasteiger partial charge on any atom is 0.0471 e. The van der Waals surface area contributed by atoms with Crippen LogP contribution in [0.25, 0.3) is 0 Å². The molecule has 2 N–H and O–H groups in total. The van der Waals surface area contributed by atoms with Gasteiger partial charge >= 0.3 is 0 Å². The van der Waals surface area contributed by atoms with Gasteiger partial charge in [-0.05, 0) is 39.0 Å². The molecular weight excluding hydrogens is 222 g/mol. The number of benzene rings is 1. The maximum absolute atomic E-state index is 6.00. The highest BCUT2D eigenvalue weighted by Crippen LogP contribution is 2.24. The summed E-state index contributed by atoms with van der Waals surface area (Å²) in [6.45, 7) is 3.00. The summed E-state index contributed by atoms with van der Waals surface area (Å²) >= 11 is 0. The molecule has 1 aliphatic rings. The van der Waals surface area contributed by atoms with E-state index in [1.807, 2.05) is 0 Å². The molecule has 18 heavy (non-hydrogen) atoms. The van der Waals surface area contributed by atoms with Crippen LogP contribution in [0.2, 0.25) is 0 Å². The lowest BCUT2D eigenvalue weighted by atomic mass is 9.99. The van der Waals surface area contributed by atoms with Crippen LogP contribution >= 0.6 is 0 Å². The SMILES string of the molecule is CN(C)C1CCCN(C(CN)c2ccccc2)C1. The Labute approximate surface area is 111 Å². The van der Waals surface area contributed by atoms with Crippen LogP contribution in [0.1, 0.15) is 24.4 Å². The zero-order chi connectivity index (χ0) is 13.0. The summed E-state index contributed by atoms with van der Waals surface area (Å²) < 4.78 is 0. The van der Waals surface area contributed by atoms with Gasteiger partial charge in [0.1, 0.15) is 0 Å². The minimum Gasteiger partial charge on any atom is -0.329 e. The van der Waals surface area contributed by atoms with Crippen LogP contribution in [-0.4, -0.2) is 49.6 Å². The summed E-state index contributed by atoms with van der Waals surface area (Å²) in [5, 5.41) is 0. The molecule has 0 aliphatic carbocycles. The summed E-state index contributed by atoms with van der Waals surface area (Å²) in [4.78, 5) is 4.88. The van der Waals surface area contributed by atoms with Crippen LogP contribution < -0.4 is 5.73 Å². The lowest BCUT2D eigenvalue weighted by molar-refractivity contribution is 0.0984. The van der Waals surface area contributed by atoms with Crippen molar-refractivity contribution in [3.63, 3.8) is 0 Å². The first-order valence-electron chi connectivity index (χ1n) is 6.88. The third-order valence-electron chi connectivity index (χ3n) is 4.01. The minimum atomic E-state index is 0.369. The summed E-state index contributed by atoms with van der Waals surface area (Å²) in [5.41, 5.74) is 7.35. The maximum atomic E-state index is 6.00. The standard InChI is InChI=1S/C15H25N3/c1-17(2)14-9-6-10-18(12-14)15(11-16)13-7-4-3-5-8-13/h3-5,7-8,14-15H,6,9-12,16H2,1-2H3. The highest BCUT2D eigenvalue weighted by Gasteiger charge is 2.26. The normalized spacial score (nSPS) is 23.2. The highest BCUT2D eigenvalue weighted by molar-refractivity contribution is 5.19. The van der Waals surface area contributed by atoms with Gasteiger partial charge in [0.25, 0.3) is 0 Å². The largest absolute Gasteiger partial charge is 0.329 e. The van der Waals surface area contributed by atoms with Crippen LogP contribution in [0.5, 0.6) is 0 Å². The number of likely N-dealkylation sites (tertiary alicyclic amines) is 1.